The van der Waals surface area contributed by atoms with E-state index in [0.717, 1.165) is 34.6 Å². The molecule has 35 heavy (non-hydrogen) atoms. The number of carbonyl (C=O) groups is 1. The smallest absolute Gasteiger partial charge is 0.318 e. The summed E-state index contributed by atoms with van der Waals surface area (Å²) in [5.74, 6) is 0.616. The van der Waals surface area contributed by atoms with Gasteiger partial charge in [-0.2, -0.15) is 5.10 Å². The number of nitrogens with one attached hydrogen (secondary N) is 1. The number of aryl methyl sites for hydroxylation is 1. The molecule has 3 heterocycles. The summed E-state index contributed by atoms with van der Waals surface area (Å²) in [4.78, 5) is 26.5. The predicted octanol–water partition coefficient (Wildman–Crippen LogP) is 3.82. The van der Waals surface area contributed by atoms with Crippen LogP contribution in [0.3, 0.4) is 0 Å². The zero-order chi connectivity index (χ0) is 24.7. The van der Waals surface area contributed by atoms with E-state index in [4.69, 9.17) is 0 Å². The third-order valence-corrected chi connectivity index (χ3v) is 6.85. The van der Waals surface area contributed by atoms with Crippen LogP contribution in [-0.4, -0.2) is 55.9 Å². The van der Waals surface area contributed by atoms with Gasteiger partial charge in [0.2, 0.25) is 0 Å². The summed E-state index contributed by atoms with van der Waals surface area (Å²) in [5.41, 5.74) is 4.78. The topological polar surface area (TPSA) is 79.2 Å². The first kappa shape index (κ1) is 23.0. The second-order valence-electron chi connectivity index (χ2n) is 9.92. The summed E-state index contributed by atoms with van der Waals surface area (Å²) in [5, 5.41) is 7.36. The molecular formula is C26H30FN7O. The molecule has 2 aliphatic rings. The van der Waals surface area contributed by atoms with E-state index in [-0.39, 0.29) is 17.9 Å². The molecule has 2 aromatic heterocycles. The minimum absolute atomic E-state index is 0.127. The molecule has 1 aliphatic carbocycles. The van der Waals surface area contributed by atoms with Crippen molar-refractivity contribution in [3.05, 3.63) is 71.2 Å². The molecule has 0 saturated carbocycles. The Kier molecular flexibility index (Phi) is 5.78. The molecule has 1 saturated heterocycles. The normalized spacial score (nSPS) is 17.7. The maximum absolute atomic E-state index is 13.3. The van der Waals surface area contributed by atoms with Crippen LogP contribution in [0.5, 0.6) is 0 Å². The minimum atomic E-state index is -0.419. The molecular weight excluding hydrogens is 445 g/mol. The zero-order valence-corrected chi connectivity index (χ0v) is 20.5. The molecule has 2 amide bonds. The molecule has 1 N–H and O–H groups in total. The number of carbonyl (C=O) groups excluding carboxylic acids is 1. The number of benzene rings is 1. The lowest BCUT2D eigenvalue weighted by atomic mass is 9.98. The van der Waals surface area contributed by atoms with Gasteiger partial charge in [-0.1, -0.05) is 12.1 Å². The number of aromatic nitrogens is 4. The van der Waals surface area contributed by atoms with E-state index in [0.29, 0.717) is 19.6 Å². The Labute approximate surface area is 204 Å². The molecule has 1 fully saturated rings. The molecule has 8 nitrogen and oxygen atoms in total. The highest BCUT2D eigenvalue weighted by molar-refractivity contribution is 5.91. The highest BCUT2D eigenvalue weighted by Crippen LogP contribution is 2.36. The zero-order valence-electron chi connectivity index (χ0n) is 20.5. The number of hydrogen-bond acceptors (Lipinski definition) is 5. The number of halogens is 1. The van der Waals surface area contributed by atoms with Crippen molar-refractivity contribution in [1.82, 2.24) is 30.0 Å². The first-order valence-electron chi connectivity index (χ1n) is 11.8. The summed E-state index contributed by atoms with van der Waals surface area (Å²) >= 11 is 0. The number of hydrogen-bond donors (Lipinski definition) is 1. The van der Waals surface area contributed by atoms with Gasteiger partial charge in [0.15, 0.2) is 0 Å². The van der Waals surface area contributed by atoms with Crippen molar-refractivity contribution in [2.75, 3.05) is 24.5 Å². The van der Waals surface area contributed by atoms with Crippen LogP contribution >= 0.6 is 0 Å². The van der Waals surface area contributed by atoms with Gasteiger partial charge < -0.3 is 15.1 Å². The summed E-state index contributed by atoms with van der Waals surface area (Å²) in [6.45, 7) is 7.92. The number of amides is 2. The maximum atomic E-state index is 13.3. The largest absolute Gasteiger partial charge is 0.352 e. The summed E-state index contributed by atoms with van der Waals surface area (Å²) < 4.78 is 15.1. The molecule has 9 heteroatoms. The highest BCUT2D eigenvalue weighted by Gasteiger charge is 2.38. The number of piperazine rings is 1. The summed E-state index contributed by atoms with van der Waals surface area (Å²) in [6, 6.07) is 5.87. The summed E-state index contributed by atoms with van der Waals surface area (Å²) in [7, 11) is 1.91. The van der Waals surface area contributed by atoms with Gasteiger partial charge in [0, 0.05) is 50.4 Å². The van der Waals surface area contributed by atoms with Crippen molar-refractivity contribution in [1.29, 1.82) is 0 Å². The van der Waals surface area contributed by atoms with Crippen molar-refractivity contribution in [3.63, 3.8) is 0 Å². The number of fused-ring (bicyclic) bond motifs is 1. The standard InChI is InChI=1S/C26H30FN7O/c1-17(18-5-7-21(27)8-6-18)31-25(35)34-10-9-33(15-26(34,2)3)24-22-11-19(12-23(22)28-16-29-24)20-13-30-32(4)14-20/h5-8,11,13-14,16-17H,9-10,12,15H2,1-4H3,(H,31,35)/t17-/m0/s1. The average Bonchev–Trinajstić information content (AvgIpc) is 3.44. The lowest BCUT2D eigenvalue weighted by molar-refractivity contribution is 0.121. The van der Waals surface area contributed by atoms with Crippen LogP contribution in [0.4, 0.5) is 15.0 Å². The van der Waals surface area contributed by atoms with E-state index < -0.39 is 5.54 Å². The van der Waals surface area contributed by atoms with Crippen molar-refractivity contribution in [3.8, 4) is 0 Å². The fourth-order valence-electron chi connectivity index (χ4n) is 4.95. The Balaban J connectivity index is 1.31. The number of rotatable bonds is 4. The molecule has 5 rings (SSSR count). The van der Waals surface area contributed by atoms with Crippen LogP contribution in [0.25, 0.3) is 11.6 Å². The van der Waals surface area contributed by atoms with Gasteiger partial charge in [-0.15, -0.1) is 0 Å². The minimum Gasteiger partial charge on any atom is -0.352 e. The lowest BCUT2D eigenvalue weighted by Crippen LogP contribution is -2.63. The quantitative estimate of drug-likeness (QED) is 0.621. The molecule has 182 valence electrons. The predicted molar refractivity (Wildman–Crippen MR) is 133 cm³/mol. The molecule has 0 unspecified atom stereocenters. The summed E-state index contributed by atoms with van der Waals surface area (Å²) in [6.07, 6.45) is 8.43. The van der Waals surface area contributed by atoms with E-state index in [2.05, 4.69) is 45.2 Å². The number of urea groups is 1. The first-order chi connectivity index (χ1) is 16.7. The van der Waals surface area contributed by atoms with Crippen LogP contribution in [-0.2, 0) is 13.5 Å². The lowest BCUT2D eigenvalue weighted by Gasteiger charge is -2.47. The Bertz CT molecular complexity index is 1280. The van der Waals surface area contributed by atoms with Crippen LogP contribution in [0.15, 0.2) is 43.0 Å². The maximum Gasteiger partial charge on any atom is 0.318 e. The Hall–Kier alpha value is -3.75. The van der Waals surface area contributed by atoms with Gasteiger partial charge in [0.25, 0.3) is 0 Å². The van der Waals surface area contributed by atoms with Gasteiger partial charge in [0.1, 0.15) is 18.0 Å². The SMILES string of the molecule is C[C@H](NC(=O)N1CCN(c2ncnc3c2C=C(c2cnn(C)c2)C3)CC1(C)C)c1ccc(F)cc1. The van der Waals surface area contributed by atoms with E-state index >= 15 is 0 Å². The monoisotopic (exact) mass is 475 g/mol. The van der Waals surface area contributed by atoms with Crippen LogP contribution < -0.4 is 10.2 Å². The molecule has 3 aromatic rings. The van der Waals surface area contributed by atoms with Crippen molar-refractivity contribution in [2.45, 2.75) is 38.8 Å². The van der Waals surface area contributed by atoms with Gasteiger partial charge in [-0.05, 0) is 50.1 Å². The van der Waals surface area contributed by atoms with Crippen molar-refractivity contribution in [2.24, 2.45) is 7.05 Å². The first-order valence-corrected chi connectivity index (χ1v) is 11.8. The Morgan fingerprint density at radius 1 is 1.17 bits per heavy atom. The average molecular weight is 476 g/mol. The van der Waals surface area contributed by atoms with Gasteiger partial charge in [-0.3, -0.25) is 4.68 Å². The van der Waals surface area contributed by atoms with E-state index in [1.165, 1.54) is 17.7 Å². The number of allylic oxidation sites excluding steroid dienone is 1. The second-order valence-corrected chi connectivity index (χ2v) is 9.92. The van der Waals surface area contributed by atoms with Gasteiger partial charge >= 0.3 is 6.03 Å². The van der Waals surface area contributed by atoms with Crippen molar-refractivity contribution >= 4 is 23.5 Å². The number of anilines is 1. The highest BCUT2D eigenvalue weighted by atomic mass is 19.1. The molecule has 1 aliphatic heterocycles. The second kappa shape index (κ2) is 8.79. The molecule has 0 spiro atoms. The Morgan fingerprint density at radius 2 is 1.94 bits per heavy atom. The van der Waals surface area contributed by atoms with Gasteiger partial charge in [-0.25, -0.2) is 19.2 Å². The van der Waals surface area contributed by atoms with E-state index in [1.54, 1.807) is 23.1 Å². The fourth-order valence-corrected chi connectivity index (χ4v) is 4.95. The van der Waals surface area contributed by atoms with Crippen LogP contribution in [0.1, 0.15) is 49.2 Å². The molecule has 1 atom stereocenters. The van der Waals surface area contributed by atoms with Gasteiger partial charge in [0.05, 0.1) is 23.5 Å². The van der Waals surface area contributed by atoms with E-state index in [9.17, 15) is 9.18 Å². The van der Waals surface area contributed by atoms with Crippen LogP contribution in [0.2, 0.25) is 0 Å². The van der Waals surface area contributed by atoms with Crippen LogP contribution in [0, 0.1) is 5.82 Å². The molecule has 1 aromatic carbocycles. The third-order valence-electron chi connectivity index (χ3n) is 6.85. The van der Waals surface area contributed by atoms with Crippen molar-refractivity contribution < 1.29 is 9.18 Å². The fraction of sp³-hybridized carbons (Fsp3) is 0.385. The Morgan fingerprint density at radius 3 is 2.63 bits per heavy atom. The third kappa shape index (κ3) is 4.50. The number of nitrogens with zero attached hydrogens (tertiary/aromatic N) is 6. The molecule has 0 bridgehead atoms. The molecule has 0 radical (unpaired) electrons. The van der Waals surface area contributed by atoms with E-state index in [1.807, 2.05) is 31.3 Å².